The first kappa shape index (κ1) is 9.71. The Hall–Kier alpha value is -1.83. The van der Waals surface area contributed by atoms with Crippen molar-refractivity contribution >= 4 is 16.7 Å². The van der Waals surface area contributed by atoms with Crippen LogP contribution < -0.4 is 5.32 Å². The Morgan fingerprint density at radius 3 is 2.87 bits per heavy atom. The summed E-state index contributed by atoms with van der Waals surface area (Å²) in [4.78, 5) is 4.49. The van der Waals surface area contributed by atoms with Crippen LogP contribution in [0, 0.1) is 0 Å². The maximum absolute atomic E-state index is 4.49. The Morgan fingerprint density at radius 2 is 2.13 bits per heavy atom. The van der Waals surface area contributed by atoms with Gasteiger partial charge in [0.05, 0.1) is 5.52 Å². The first-order valence-corrected chi connectivity index (χ1v) is 5.02. The summed E-state index contributed by atoms with van der Waals surface area (Å²) in [5.74, 6) is 0.901. The average molecular weight is 198 g/mol. The molecule has 76 valence electrons. The number of pyridine rings is 1. The van der Waals surface area contributed by atoms with E-state index in [2.05, 4.69) is 41.1 Å². The molecule has 15 heavy (non-hydrogen) atoms. The first-order chi connectivity index (χ1) is 7.33. The van der Waals surface area contributed by atoms with Gasteiger partial charge in [0, 0.05) is 12.4 Å². The third kappa shape index (κ3) is 1.99. The zero-order valence-electron chi connectivity index (χ0n) is 8.83. The van der Waals surface area contributed by atoms with E-state index in [1.807, 2.05) is 19.2 Å². The molecule has 2 nitrogen and oxygen atoms in total. The van der Waals surface area contributed by atoms with Crippen molar-refractivity contribution in [3.8, 4) is 0 Å². The van der Waals surface area contributed by atoms with Gasteiger partial charge in [-0.25, -0.2) is 4.98 Å². The third-order valence-electron chi connectivity index (χ3n) is 2.39. The van der Waals surface area contributed by atoms with E-state index in [9.17, 15) is 0 Å². The summed E-state index contributed by atoms with van der Waals surface area (Å²) >= 11 is 0. The molecular formula is C13H14N2. The molecule has 0 aliphatic heterocycles. The number of hydrogen-bond acceptors (Lipinski definition) is 2. The van der Waals surface area contributed by atoms with E-state index < -0.39 is 0 Å². The smallest absolute Gasteiger partial charge is 0.126 e. The Morgan fingerprint density at radius 1 is 1.33 bits per heavy atom. The van der Waals surface area contributed by atoms with E-state index in [0.717, 1.165) is 17.8 Å². The van der Waals surface area contributed by atoms with Crippen LogP contribution >= 0.6 is 0 Å². The first-order valence-electron chi connectivity index (χ1n) is 5.02. The van der Waals surface area contributed by atoms with Gasteiger partial charge in [-0.3, -0.25) is 0 Å². The predicted molar refractivity (Wildman–Crippen MR) is 65.2 cm³/mol. The number of rotatable bonds is 3. The molecule has 0 saturated heterocycles. The van der Waals surface area contributed by atoms with Gasteiger partial charge in [-0.1, -0.05) is 18.2 Å². The number of hydrogen-bond donors (Lipinski definition) is 1. The zero-order chi connectivity index (χ0) is 10.7. The van der Waals surface area contributed by atoms with Gasteiger partial charge in [-0.15, -0.1) is 6.58 Å². The standard InChI is InChI=1S/C13H14N2/c1-3-4-10-5-6-11-7-8-13(14-2)15-12(11)9-10/h3,5-9H,1,4H2,2H3,(H,14,15). The van der Waals surface area contributed by atoms with E-state index >= 15 is 0 Å². The number of benzene rings is 1. The molecule has 1 aromatic heterocycles. The largest absolute Gasteiger partial charge is 0.373 e. The summed E-state index contributed by atoms with van der Waals surface area (Å²) in [5, 5.41) is 4.21. The summed E-state index contributed by atoms with van der Waals surface area (Å²) in [6, 6.07) is 10.4. The number of allylic oxidation sites excluding steroid dienone is 1. The van der Waals surface area contributed by atoms with Gasteiger partial charge in [0.25, 0.3) is 0 Å². The van der Waals surface area contributed by atoms with E-state index in [-0.39, 0.29) is 0 Å². The van der Waals surface area contributed by atoms with Crippen molar-refractivity contribution in [2.24, 2.45) is 0 Å². The average Bonchev–Trinajstić information content (AvgIpc) is 2.28. The summed E-state index contributed by atoms with van der Waals surface area (Å²) in [5.41, 5.74) is 2.28. The summed E-state index contributed by atoms with van der Waals surface area (Å²) in [6.45, 7) is 3.74. The van der Waals surface area contributed by atoms with E-state index in [0.29, 0.717) is 0 Å². The van der Waals surface area contributed by atoms with Gasteiger partial charge in [0.15, 0.2) is 0 Å². The molecule has 0 atom stereocenters. The maximum Gasteiger partial charge on any atom is 0.126 e. The number of fused-ring (bicyclic) bond motifs is 1. The SMILES string of the molecule is C=CCc1ccc2ccc(NC)nc2c1. The quantitative estimate of drug-likeness (QED) is 0.767. The number of aromatic nitrogens is 1. The Labute approximate surface area is 89.7 Å². The molecule has 1 N–H and O–H groups in total. The molecule has 0 aliphatic rings. The highest BCUT2D eigenvalue weighted by Gasteiger charge is 1.98. The van der Waals surface area contributed by atoms with Crippen molar-refractivity contribution in [1.29, 1.82) is 0 Å². The predicted octanol–water partition coefficient (Wildman–Crippen LogP) is 3.01. The second kappa shape index (κ2) is 4.13. The lowest BCUT2D eigenvalue weighted by Crippen LogP contribution is -1.92. The molecule has 0 bridgehead atoms. The lowest BCUT2D eigenvalue weighted by Gasteiger charge is -2.03. The van der Waals surface area contributed by atoms with Gasteiger partial charge in [-0.05, 0) is 30.2 Å². The van der Waals surface area contributed by atoms with Crippen molar-refractivity contribution in [1.82, 2.24) is 4.98 Å². The van der Waals surface area contributed by atoms with Gasteiger partial charge in [0.1, 0.15) is 5.82 Å². The van der Waals surface area contributed by atoms with Gasteiger partial charge in [-0.2, -0.15) is 0 Å². The highest BCUT2D eigenvalue weighted by atomic mass is 15.0. The minimum atomic E-state index is 0.890. The maximum atomic E-state index is 4.49. The van der Waals surface area contributed by atoms with Crippen LogP contribution in [-0.4, -0.2) is 12.0 Å². The van der Waals surface area contributed by atoms with Gasteiger partial charge in [0.2, 0.25) is 0 Å². The molecule has 0 saturated carbocycles. The van der Waals surface area contributed by atoms with Crippen LogP contribution in [0.1, 0.15) is 5.56 Å². The molecule has 0 aliphatic carbocycles. The number of nitrogens with one attached hydrogen (secondary N) is 1. The van der Waals surface area contributed by atoms with Crippen molar-refractivity contribution in [3.05, 3.63) is 48.6 Å². The fourth-order valence-electron chi connectivity index (χ4n) is 1.60. The molecular weight excluding hydrogens is 184 g/mol. The summed E-state index contributed by atoms with van der Waals surface area (Å²) < 4.78 is 0. The molecule has 0 fully saturated rings. The van der Waals surface area contributed by atoms with Crippen LogP contribution in [0.4, 0.5) is 5.82 Å². The molecule has 1 heterocycles. The molecule has 2 aromatic rings. The van der Waals surface area contributed by atoms with E-state index in [4.69, 9.17) is 0 Å². The Kier molecular flexibility index (Phi) is 2.68. The van der Waals surface area contributed by atoms with Gasteiger partial charge < -0.3 is 5.32 Å². The second-order valence-electron chi connectivity index (χ2n) is 3.47. The normalized spacial score (nSPS) is 10.2. The molecule has 2 rings (SSSR count). The minimum Gasteiger partial charge on any atom is -0.373 e. The molecule has 0 radical (unpaired) electrons. The lowest BCUT2D eigenvalue weighted by atomic mass is 10.1. The second-order valence-corrected chi connectivity index (χ2v) is 3.47. The topological polar surface area (TPSA) is 24.9 Å². The van der Waals surface area contributed by atoms with Crippen molar-refractivity contribution in [2.45, 2.75) is 6.42 Å². The third-order valence-corrected chi connectivity index (χ3v) is 2.39. The van der Waals surface area contributed by atoms with Crippen molar-refractivity contribution in [2.75, 3.05) is 12.4 Å². The van der Waals surface area contributed by atoms with Gasteiger partial charge >= 0.3 is 0 Å². The molecule has 0 spiro atoms. The lowest BCUT2D eigenvalue weighted by molar-refractivity contribution is 1.27. The summed E-state index contributed by atoms with van der Waals surface area (Å²) in [7, 11) is 1.88. The van der Waals surface area contributed by atoms with E-state index in [1.165, 1.54) is 10.9 Å². The van der Waals surface area contributed by atoms with Crippen molar-refractivity contribution in [3.63, 3.8) is 0 Å². The molecule has 0 unspecified atom stereocenters. The van der Waals surface area contributed by atoms with Crippen LogP contribution in [0.15, 0.2) is 43.0 Å². The number of nitrogens with zero attached hydrogens (tertiary/aromatic N) is 1. The highest BCUT2D eigenvalue weighted by Crippen LogP contribution is 2.17. The molecule has 2 heteroatoms. The van der Waals surface area contributed by atoms with Crippen LogP contribution in [0.5, 0.6) is 0 Å². The Balaban J connectivity index is 2.52. The van der Waals surface area contributed by atoms with Crippen LogP contribution in [0.2, 0.25) is 0 Å². The highest BCUT2D eigenvalue weighted by molar-refractivity contribution is 5.80. The fourth-order valence-corrected chi connectivity index (χ4v) is 1.60. The molecule has 1 aromatic carbocycles. The Bertz CT molecular complexity index is 489. The number of anilines is 1. The van der Waals surface area contributed by atoms with Crippen LogP contribution in [0.3, 0.4) is 0 Å². The minimum absolute atomic E-state index is 0.890. The van der Waals surface area contributed by atoms with Crippen molar-refractivity contribution < 1.29 is 0 Å². The molecule has 0 amide bonds. The van der Waals surface area contributed by atoms with Crippen LogP contribution in [0.25, 0.3) is 10.9 Å². The van der Waals surface area contributed by atoms with E-state index in [1.54, 1.807) is 0 Å². The zero-order valence-corrected chi connectivity index (χ0v) is 8.83. The van der Waals surface area contributed by atoms with Crippen LogP contribution in [-0.2, 0) is 6.42 Å². The summed E-state index contributed by atoms with van der Waals surface area (Å²) in [6.07, 6.45) is 2.80. The monoisotopic (exact) mass is 198 g/mol. The fraction of sp³-hybridized carbons (Fsp3) is 0.154.